The average Bonchev–Trinajstić information content (AvgIpc) is 2.38. The largest absolute Gasteiger partial charge is 0.497 e. The molecule has 0 unspecified atom stereocenters. The third-order valence-corrected chi connectivity index (χ3v) is 1.83. The van der Waals surface area contributed by atoms with Crippen LogP contribution in [-0.4, -0.2) is 37.5 Å². The summed E-state index contributed by atoms with van der Waals surface area (Å²) in [5.41, 5.74) is 1.57. The van der Waals surface area contributed by atoms with E-state index >= 15 is 0 Å². The molecule has 13 heteroatoms. The molecule has 0 atom stereocenters. The SMILES string of the molecule is NCC(=O)O.O=[N+]([O-])c1cc([N+](=O)[O-])c(O)c([N+](=O)[O-])c1. The summed E-state index contributed by atoms with van der Waals surface area (Å²) in [5.74, 6) is -2.18. The van der Waals surface area contributed by atoms with E-state index < -0.39 is 43.6 Å². The first kappa shape index (κ1) is 17.6. The second-order valence-corrected chi connectivity index (χ2v) is 3.20. The molecule has 0 radical (unpaired) electrons. The molecule has 1 rings (SSSR count). The number of carboxylic acids is 1. The monoisotopic (exact) mass is 304 g/mol. The number of phenolic OH excluding ortho intramolecular Hbond substituents is 1. The Morgan fingerprint density at radius 3 is 1.57 bits per heavy atom. The molecule has 21 heavy (non-hydrogen) atoms. The summed E-state index contributed by atoms with van der Waals surface area (Å²) < 4.78 is 0. The van der Waals surface area contributed by atoms with Gasteiger partial charge in [0.25, 0.3) is 11.4 Å². The predicted octanol–water partition coefficient (Wildman–Crippen LogP) is 0.147. The Balaban J connectivity index is 0.000000690. The number of carbonyl (C=O) groups is 1. The fourth-order valence-electron chi connectivity index (χ4n) is 0.974. The van der Waals surface area contributed by atoms with E-state index in [1.807, 2.05) is 0 Å². The van der Waals surface area contributed by atoms with Gasteiger partial charge in [-0.1, -0.05) is 0 Å². The van der Waals surface area contributed by atoms with E-state index in [-0.39, 0.29) is 6.54 Å². The zero-order valence-electron chi connectivity index (χ0n) is 10.0. The summed E-state index contributed by atoms with van der Waals surface area (Å²) in [4.78, 5) is 37.0. The molecule has 0 bridgehead atoms. The lowest BCUT2D eigenvalue weighted by Crippen LogP contribution is -2.10. The molecule has 0 aliphatic heterocycles. The van der Waals surface area contributed by atoms with Gasteiger partial charge in [0.2, 0.25) is 0 Å². The van der Waals surface area contributed by atoms with Gasteiger partial charge in [-0.15, -0.1) is 0 Å². The van der Waals surface area contributed by atoms with E-state index in [4.69, 9.17) is 10.2 Å². The van der Waals surface area contributed by atoms with Crippen molar-refractivity contribution in [3.05, 3.63) is 42.5 Å². The molecule has 0 fully saturated rings. The molecular weight excluding hydrogens is 296 g/mol. The average molecular weight is 304 g/mol. The maximum Gasteiger partial charge on any atom is 0.324 e. The van der Waals surface area contributed by atoms with Gasteiger partial charge in [-0.25, -0.2) is 0 Å². The number of nitro benzene ring substituents is 3. The standard InChI is InChI=1S/C6H3N3O7.C2H5NO2/c10-6-4(8(13)14)1-3(7(11)12)2-5(6)9(15)16;3-1-2(4)5/h1-2,10H;1,3H2,(H,4,5). The van der Waals surface area contributed by atoms with Crippen LogP contribution >= 0.6 is 0 Å². The molecule has 0 saturated heterocycles. The van der Waals surface area contributed by atoms with Crippen molar-refractivity contribution in [1.82, 2.24) is 0 Å². The van der Waals surface area contributed by atoms with Gasteiger partial charge in [-0.3, -0.25) is 35.1 Å². The minimum Gasteiger partial charge on any atom is -0.497 e. The Kier molecular flexibility index (Phi) is 6.13. The van der Waals surface area contributed by atoms with Crippen molar-refractivity contribution < 1.29 is 29.8 Å². The van der Waals surface area contributed by atoms with Crippen LogP contribution < -0.4 is 5.73 Å². The Labute approximate surface area is 114 Å². The number of nitrogens with two attached hydrogens (primary N) is 1. The molecule has 1 aromatic carbocycles. The van der Waals surface area contributed by atoms with Crippen molar-refractivity contribution in [1.29, 1.82) is 0 Å². The smallest absolute Gasteiger partial charge is 0.324 e. The van der Waals surface area contributed by atoms with Crippen LogP contribution in [0.1, 0.15) is 0 Å². The third-order valence-electron chi connectivity index (χ3n) is 1.83. The van der Waals surface area contributed by atoms with E-state index in [1.165, 1.54) is 0 Å². The van der Waals surface area contributed by atoms with Crippen LogP contribution in [0.2, 0.25) is 0 Å². The van der Waals surface area contributed by atoms with E-state index in [0.717, 1.165) is 0 Å². The van der Waals surface area contributed by atoms with Gasteiger partial charge in [0, 0.05) is 0 Å². The fourth-order valence-corrected chi connectivity index (χ4v) is 0.974. The fraction of sp³-hybridized carbons (Fsp3) is 0.125. The summed E-state index contributed by atoms with van der Waals surface area (Å²) in [5, 5.41) is 47.8. The van der Waals surface area contributed by atoms with Gasteiger partial charge in [-0.2, -0.15) is 0 Å². The second kappa shape index (κ2) is 7.29. The molecule has 0 aromatic heterocycles. The molecule has 4 N–H and O–H groups in total. The molecule has 0 spiro atoms. The van der Waals surface area contributed by atoms with Crippen LogP contribution in [0.15, 0.2) is 12.1 Å². The Hall–Kier alpha value is -3.35. The lowest BCUT2D eigenvalue weighted by atomic mass is 10.2. The number of rotatable bonds is 4. The highest BCUT2D eigenvalue weighted by Crippen LogP contribution is 2.38. The van der Waals surface area contributed by atoms with Gasteiger partial charge in [0.1, 0.15) is 0 Å². The Morgan fingerprint density at radius 1 is 1.05 bits per heavy atom. The van der Waals surface area contributed by atoms with Crippen LogP contribution in [0.5, 0.6) is 5.75 Å². The normalized spacial score (nSPS) is 9.19. The summed E-state index contributed by atoms with van der Waals surface area (Å²) in [6, 6.07) is 0.894. The van der Waals surface area contributed by atoms with Crippen molar-refractivity contribution >= 4 is 23.0 Å². The van der Waals surface area contributed by atoms with E-state index in [1.54, 1.807) is 0 Å². The number of hydrogen-bond donors (Lipinski definition) is 3. The molecule has 0 amide bonds. The number of aromatic hydroxyl groups is 1. The molecule has 1 aromatic rings. The minimum absolute atomic E-state index is 0.278. The van der Waals surface area contributed by atoms with Crippen LogP contribution in [0.25, 0.3) is 0 Å². The highest BCUT2D eigenvalue weighted by Gasteiger charge is 2.30. The number of phenols is 1. The van der Waals surface area contributed by atoms with Crippen LogP contribution in [0.3, 0.4) is 0 Å². The van der Waals surface area contributed by atoms with Gasteiger partial charge >= 0.3 is 17.3 Å². The van der Waals surface area contributed by atoms with E-state index in [0.29, 0.717) is 12.1 Å². The quantitative estimate of drug-likeness (QED) is 0.505. The van der Waals surface area contributed by atoms with Crippen molar-refractivity contribution in [3.63, 3.8) is 0 Å². The molecule has 0 saturated carbocycles. The Bertz CT molecular complexity index is 564. The van der Waals surface area contributed by atoms with Crippen molar-refractivity contribution in [3.8, 4) is 5.75 Å². The molecule has 13 nitrogen and oxygen atoms in total. The van der Waals surface area contributed by atoms with Crippen LogP contribution in [0, 0.1) is 30.3 Å². The van der Waals surface area contributed by atoms with Crippen LogP contribution in [-0.2, 0) is 4.79 Å². The number of nitro groups is 3. The van der Waals surface area contributed by atoms with E-state index in [9.17, 15) is 35.1 Å². The van der Waals surface area contributed by atoms with Crippen molar-refractivity contribution in [2.45, 2.75) is 0 Å². The van der Waals surface area contributed by atoms with E-state index in [2.05, 4.69) is 5.73 Å². The van der Waals surface area contributed by atoms with Gasteiger partial charge in [0.15, 0.2) is 0 Å². The number of hydrogen-bond acceptors (Lipinski definition) is 9. The third kappa shape index (κ3) is 5.03. The number of benzene rings is 1. The predicted molar refractivity (Wildman–Crippen MR) is 64.8 cm³/mol. The number of nitrogens with zero attached hydrogens (tertiary/aromatic N) is 3. The highest BCUT2D eigenvalue weighted by molar-refractivity contribution is 5.68. The molecule has 0 aliphatic rings. The summed E-state index contributed by atoms with van der Waals surface area (Å²) in [6.07, 6.45) is 0. The number of aliphatic carboxylic acids is 1. The van der Waals surface area contributed by atoms with Gasteiger partial charge < -0.3 is 15.9 Å². The first-order valence-electron chi connectivity index (χ1n) is 4.83. The van der Waals surface area contributed by atoms with Crippen molar-refractivity contribution in [2.24, 2.45) is 5.73 Å². The highest BCUT2D eigenvalue weighted by atomic mass is 16.6. The molecule has 0 aliphatic carbocycles. The number of non-ortho nitro benzene ring substituents is 1. The summed E-state index contributed by atoms with van der Waals surface area (Å²) in [6.45, 7) is -0.278. The lowest BCUT2D eigenvalue weighted by molar-refractivity contribution is -0.404. The summed E-state index contributed by atoms with van der Waals surface area (Å²) in [7, 11) is 0. The van der Waals surface area contributed by atoms with Gasteiger partial charge in [-0.05, 0) is 0 Å². The maximum atomic E-state index is 10.4. The molecule has 114 valence electrons. The Morgan fingerprint density at radius 2 is 1.38 bits per heavy atom. The zero-order valence-corrected chi connectivity index (χ0v) is 10.0. The zero-order chi connectivity index (χ0) is 16.7. The minimum atomic E-state index is -1.21. The first-order chi connectivity index (χ1) is 9.61. The first-order valence-corrected chi connectivity index (χ1v) is 4.83. The summed E-state index contributed by atoms with van der Waals surface area (Å²) >= 11 is 0. The van der Waals surface area contributed by atoms with Crippen molar-refractivity contribution in [2.75, 3.05) is 6.54 Å². The van der Waals surface area contributed by atoms with Gasteiger partial charge in [0.05, 0.1) is 33.4 Å². The maximum absolute atomic E-state index is 10.4. The van der Waals surface area contributed by atoms with Crippen LogP contribution in [0.4, 0.5) is 17.1 Å². The lowest BCUT2D eigenvalue weighted by Gasteiger charge is -1.97. The second-order valence-electron chi connectivity index (χ2n) is 3.20. The topological polar surface area (TPSA) is 213 Å². The number of carboxylic acid groups (broad SMARTS) is 1. The molecule has 0 heterocycles. The molecular formula is C8H8N4O9.